The van der Waals surface area contributed by atoms with Gasteiger partial charge in [0.05, 0.1) is 5.75 Å². The number of hydrogen-bond donors (Lipinski definition) is 3. The second kappa shape index (κ2) is 6.28. The summed E-state index contributed by atoms with van der Waals surface area (Å²) < 4.78 is 21.5. The second-order valence-electron chi connectivity index (χ2n) is 6.13. The summed E-state index contributed by atoms with van der Waals surface area (Å²) in [6.45, 7) is 6.53. The summed E-state index contributed by atoms with van der Waals surface area (Å²) >= 11 is 0. The average molecular weight is 322 g/mol. The Bertz CT molecular complexity index is 639. The van der Waals surface area contributed by atoms with Crippen molar-refractivity contribution in [3.8, 4) is 0 Å². The van der Waals surface area contributed by atoms with E-state index in [0.29, 0.717) is 0 Å². The van der Waals surface area contributed by atoms with Crippen LogP contribution >= 0.6 is 10.6 Å². The highest BCUT2D eigenvalue weighted by Crippen LogP contribution is 2.48. The topological polar surface area (TPSA) is 64.6 Å². The molecule has 22 heavy (non-hydrogen) atoms. The van der Waals surface area contributed by atoms with Gasteiger partial charge in [0.25, 0.3) is 0 Å². The van der Waals surface area contributed by atoms with Gasteiger partial charge in [-0.25, -0.2) is 0 Å². The highest BCUT2D eigenvalue weighted by molar-refractivity contribution is 8.23. The van der Waals surface area contributed by atoms with Gasteiger partial charge in [0.2, 0.25) is 6.20 Å². The Morgan fingerprint density at radius 3 is 2.23 bits per heavy atom. The number of rotatable bonds is 5. The van der Waals surface area contributed by atoms with Crippen molar-refractivity contribution in [3.05, 3.63) is 59.8 Å². The van der Waals surface area contributed by atoms with Gasteiger partial charge in [-0.2, -0.15) is 0 Å². The highest BCUT2D eigenvalue weighted by atomic mass is 32.3. The first-order valence-corrected chi connectivity index (χ1v) is 9.03. The molecule has 0 unspecified atom stereocenters. The Morgan fingerprint density at radius 1 is 1.05 bits per heavy atom. The zero-order chi connectivity index (χ0) is 16.4. The number of hydrogen-bond acceptors (Lipinski definition) is 3. The lowest BCUT2D eigenvalue weighted by Gasteiger charge is -2.28. The molecule has 1 aromatic carbocycles. The lowest BCUT2D eigenvalue weighted by molar-refractivity contribution is -0.933. The molecule has 1 heterocycles. The van der Waals surface area contributed by atoms with E-state index in [9.17, 15) is 14.3 Å². The van der Waals surface area contributed by atoms with Crippen LogP contribution in [0.3, 0.4) is 0 Å². The summed E-state index contributed by atoms with van der Waals surface area (Å²) in [4.78, 5) is 0. The summed E-state index contributed by atoms with van der Waals surface area (Å²) in [5.74, 6) is 0.0877. The molecule has 3 N–H and O–H groups in total. The standard InChI is InChI=1S/C17H23NO3S/c1-4-17(2,3)15-10-8-14(9-11-15)13-22(20,21)16-7-5-6-12-18(16)19/h5-12H,4,13H2,1-3H3,(H2-,19,20,21)/p+1. The van der Waals surface area contributed by atoms with E-state index in [1.807, 2.05) is 24.3 Å². The molecule has 5 heteroatoms. The van der Waals surface area contributed by atoms with E-state index in [-0.39, 0.29) is 16.2 Å². The van der Waals surface area contributed by atoms with E-state index >= 15 is 0 Å². The van der Waals surface area contributed by atoms with Gasteiger partial charge in [-0.15, -0.1) is 10.6 Å². The minimum Gasteiger partial charge on any atom is -0.290 e. The zero-order valence-electron chi connectivity index (χ0n) is 13.2. The van der Waals surface area contributed by atoms with Crippen LogP contribution in [0.25, 0.3) is 0 Å². The van der Waals surface area contributed by atoms with E-state index in [1.54, 1.807) is 12.1 Å². The van der Waals surface area contributed by atoms with Gasteiger partial charge in [0, 0.05) is 16.9 Å². The molecule has 4 nitrogen and oxygen atoms in total. The maximum Gasteiger partial charge on any atom is 0.344 e. The Hall–Kier alpha value is -1.56. The Morgan fingerprint density at radius 2 is 1.68 bits per heavy atom. The molecule has 0 saturated heterocycles. The normalized spacial score (nSPS) is 13.1. The quantitative estimate of drug-likeness (QED) is 0.571. The summed E-state index contributed by atoms with van der Waals surface area (Å²) in [6.07, 6.45) is 2.42. The third-order valence-corrected chi connectivity index (χ3v) is 5.85. The summed E-state index contributed by atoms with van der Waals surface area (Å²) in [5.41, 5.74) is 2.17. The smallest absolute Gasteiger partial charge is 0.290 e. The number of pyridine rings is 1. The molecule has 120 valence electrons. The second-order valence-corrected chi connectivity index (χ2v) is 8.17. The maximum absolute atomic E-state index is 10.4. The van der Waals surface area contributed by atoms with E-state index in [4.69, 9.17) is 0 Å². The van der Waals surface area contributed by atoms with Gasteiger partial charge in [0.1, 0.15) is 0 Å². The minimum atomic E-state index is -3.08. The molecular weight excluding hydrogens is 298 g/mol. The fraction of sp³-hybridized carbons (Fsp3) is 0.353. The van der Waals surface area contributed by atoms with Crippen molar-refractivity contribution in [1.29, 1.82) is 0 Å². The number of nitrogens with zero attached hydrogens (tertiary/aromatic N) is 1. The van der Waals surface area contributed by atoms with Gasteiger partial charge in [-0.3, -0.25) is 14.3 Å². The SMILES string of the molecule is CCC(C)(C)c1ccc(CS(O)(O)c2cccc[n+]2O)cc1. The Balaban J connectivity index is 2.22. The van der Waals surface area contributed by atoms with E-state index < -0.39 is 10.6 Å². The molecule has 0 spiro atoms. The zero-order valence-corrected chi connectivity index (χ0v) is 14.0. The first kappa shape index (κ1) is 16.8. The van der Waals surface area contributed by atoms with Crippen LogP contribution in [0.1, 0.15) is 38.3 Å². The maximum atomic E-state index is 10.4. The van der Waals surface area contributed by atoms with Crippen LogP contribution in [-0.2, 0) is 11.2 Å². The molecule has 0 aliphatic heterocycles. The van der Waals surface area contributed by atoms with Crippen LogP contribution in [0.4, 0.5) is 0 Å². The van der Waals surface area contributed by atoms with Crippen LogP contribution < -0.4 is 4.73 Å². The lowest BCUT2D eigenvalue weighted by Crippen LogP contribution is -2.35. The summed E-state index contributed by atoms with van der Waals surface area (Å²) in [7, 11) is -3.08. The molecule has 0 atom stereocenters. The molecule has 0 amide bonds. The van der Waals surface area contributed by atoms with Crippen LogP contribution in [0, 0.1) is 0 Å². The number of benzene rings is 1. The van der Waals surface area contributed by atoms with Gasteiger partial charge < -0.3 is 0 Å². The van der Waals surface area contributed by atoms with Crippen LogP contribution in [0.2, 0.25) is 0 Å². The van der Waals surface area contributed by atoms with Crippen LogP contribution in [0.15, 0.2) is 53.7 Å². The van der Waals surface area contributed by atoms with E-state index in [2.05, 4.69) is 20.8 Å². The van der Waals surface area contributed by atoms with Gasteiger partial charge in [0.15, 0.2) is 0 Å². The van der Waals surface area contributed by atoms with Gasteiger partial charge >= 0.3 is 5.03 Å². The molecule has 0 aliphatic carbocycles. The third kappa shape index (κ3) is 3.61. The minimum absolute atomic E-state index is 0.0877. The molecule has 1 aromatic heterocycles. The lowest BCUT2D eigenvalue weighted by atomic mass is 9.82. The summed E-state index contributed by atoms with van der Waals surface area (Å²) in [6, 6.07) is 12.7. The van der Waals surface area contributed by atoms with Crippen molar-refractivity contribution in [2.24, 2.45) is 0 Å². The molecule has 0 aliphatic rings. The monoisotopic (exact) mass is 322 g/mol. The Kier molecular flexibility index (Phi) is 4.80. The third-order valence-electron chi connectivity index (χ3n) is 4.13. The summed E-state index contributed by atoms with van der Waals surface area (Å²) in [5, 5.41) is 9.84. The van der Waals surface area contributed by atoms with Crippen molar-refractivity contribution >= 4 is 10.6 Å². The highest BCUT2D eigenvalue weighted by Gasteiger charge is 2.27. The van der Waals surface area contributed by atoms with Crippen molar-refractivity contribution in [2.75, 3.05) is 0 Å². The van der Waals surface area contributed by atoms with Crippen molar-refractivity contribution in [1.82, 2.24) is 0 Å². The first-order chi connectivity index (χ1) is 10.3. The van der Waals surface area contributed by atoms with E-state index in [1.165, 1.54) is 17.8 Å². The predicted molar refractivity (Wildman–Crippen MR) is 88.4 cm³/mol. The Labute approximate surface area is 133 Å². The van der Waals surface area contributed by atoms with E-state index in [0.717, 1.165) is 16.7 Å². The van der Waals surface area contributed by atoms with Crippen LogP contribution in [-0.4, -0.2) is 14.3 Å². The van der Waals surface area contributed by atoms with Gasteiger partial charge in [-0.1, -0.05) is 45.0 Å². The molecule has 2 aromatic rings. The van der Waals surface area contributed by atoms with Crippen molar-refractivity contribution < 1.29 is 19.0 Å². The first-order valence-electron chi connectivity index (χ1n) is 7.31. The predicted octanol–water partition coefficient (Wildman–Crippen LogP) is 4.21. The fourth-order valence-electron chi connectivity index (χ4n) is 2.24. The molecule has 0 radical (unpaired) electrons. The molecule has 0 bridgehead atoms. The average Bonchev–Trinajstić information content (AvgIpc) is 2.47. The van der Waals surface area contributed by atoms with Gasteiger partial charge in [-0.05, 0) is 29.0 Å². The molecule has 0 saturated carbocycles. The fourth-order valence-corrected chi connectivity index (χ4v) is 3.70. The molecule has 0 fully saturated rings. The number of aromatic nitrogens is 1. The molecule has 2 rings (SSSR count). The van der Waals surface area contributed by atoms with Crippen LogP contribution in [0.5, 0.6) is 0 Å². The van der Waals surface area contributed by atoms with Crippen molar-refractivity contribution in [3.63, 3.8) is 0 Å². The largest absolute Gasteiger partial charge is 0.344 e. The molecular formula is C17H24NO3S+. The van der Waals surface area contributed by atoms with Crippen molar-refractivity contribution in [2.45, 2.75) is 43.4 Å².